The summed E-state index contributed by atoms with van der Waals surface area (Å²) in [5.41, 5.74) is 2.35. The maximum Gasteiger partial charge on any atom is 0.151 e. The molecule has 2 aromatic rings. The van der Waals surface area contributed by atoms with Crippen LogP contribution in [0.4, 0.5) is 5.82 Å². The van der Waals surface area contributed by atoms with Gasteiger partial charge in [0.25, 0.3) is 0 Å². The Bertz CT molecular complexity index is 536. The van der Waals surface area contributed by atoms with Crippen LogP contribution in [0.2, 0.25) is 0 Å². The average molecular weight is 261 g/mol. The predicted octanol–water partition coefficient (Wildman–Crippen LogP) is 3.16. The van der Waals surface area contributed by atoms with Crippen molar-refractivity contribution in [3.63, 3.8) is 0 Å². The lowest BCUT2D eigenvalue weighted by Crippen LogP contribution is -2.11. The van der Waals surface area contributed by atoms with Crippen LogP contribution in [0.3, 0.4) is 0 Å². The number of anilines is 1. The fourth-order valence-corrected chi connectivity index (χ4v) is 2.04. The fraction of sp³-hybridized carbons (Fsp3) is 0.571. The molecule has 2 rings (SSSR count). The highest BCUT2D eigenvalue weighted by Gasteiger charge is 2.09. The Balaban J connectivity index is 2.08. The Morgan fingerprint density at radius 2 is 1.95 bits per heavy atom. The third-order valence-corrected chi connectivity index (χ3v) is 3.12. The number of hydrogen-bond acceptors (Lipinski definition) is 3. The van der Waals surface area contributed by atoms with E-state index < -0.39 is 0 Å². The van der Waals surface area contributed by atoms with E-state index in [1.54, 1.807) is 0 Å². The van der Waals surface area contributed by atoms with Crippen LogP contribution in [0.5, 0.6) is 0 Å². The van der Waals surface area contributed by atoms with Crippen LogP contribution in [0.15, 0.2) is 18.5 Å². The maximum atomic E-state index is 4.56. The first-order valence-corrected chi connectivity index (χ1v) is 6.81. The molecule has 0 aromatic carbocycles. The highest BCUT2D eigenvalue weighted by molar-refractivity contribution is 5.42. The molecule has 1 N–H and O–H groups in total. The first-order chi connectivity index (χ1) is 8.99. The summed E-state index contributed by atoms with van der Waals surface area (Å²) in [6.07, 6.45) is 3.92. The molecule has 0 aliphatic rings. The van der Waals surface area contributed by atoms with E-state index in [0.29, 0.717) is 12.1 Å². The summed E-state index contributed by atoms with van der Waals surface area (Å²) in [5, 5.41) is 12.3. The van der Waals surface area contributed by atoms with Gasteiger partial charge in [-0.2, -0.15) is 10.2 Å². The number of nitrogens with one attached hydrogen (secondary N) is 1. The second-order valence-corrected chi connectivity index (χ2v) is 5.45. The highest BCUT2D eigenvalue weighted by atomic mass is 15.3. The summed E-state index contributed by atoms with van der Waals surface area (Å²) in [6, 6.07) is 2.80. The van der Waals surface area contributed by atoms with Crippen LogP contribution >= 0.6 is 0 Å². The Morgan fingerprint density at radius 1 is 1.21 bits per heavy atom. The van der Waals surface area contributed by atoms with Crippen molar-refractivity contribution in [2.45, 2.75) is 53.2 Å². The summed E-state index contributed by atoms with van der Waals surface area (Å²) in [6.45, 7) is 11.3. The number of rotatable bonds is 5. The second-order valence-electron chi connectivity index (χ2n) is 5.45. The van der Waals surface area contributed by atoms with Gasteiger partial charge in [0, 0.05) is 30.0 Å². The third kappa shape index (κ3) is 2.97. The minimum Gasteiger partial charge on any atom is -0.363 e. The molecule has 0 unspecified atom stereocenters. The van der Waals surface area contributed by atoms with Crippen LogP contribution in [0.1, 0.15) is 51.0 Å². The number of aryl methyl sites for hydroxylation is 1. The van der Waals surface area contributed by atoms with E-state index in [1.165, 1.54) is 11.3 Å². The number of aromatic nitrogens is 4. The molecule has 2 aromatic heterocycles. The topological polar surface area (TPSA) is 47.7 Å². The van der Waals surface area contributed by atoms with Gasteiger partial charge in [-0.05, 0) is 40.7 Å². The fourth-order valence-electron chi connectivity index (χ4n) is 2.04. The van der Waals surface area contributed by atoms with Crippen molar-refractivity contribution in [2.75, 3.05) is 5.32 Å². The van der Waals surface area contributed by atoms with Crippen molar-refractivity contribution < 1.29 is 0 Å². The van der Waals surface area contributed by atoms with Crippen molar-refractivity contribution in [1.82, 2.24) is 19.6 Å². The van der Waals surface area contributed by atoms with Gasteiger partial charge < -0.3 is 5.32 Å². The van der Waals surface area contributed by atoms with E-state index in [0.717, 1.165) is 12.4 Å². The van der Waals surface area contributed by atoms with E-state index in [-0.39, 0.29) is 0 Å². The lowest BCUT2D eigenvalue weighted by Gasteiger charge is -2.11. The van der Waals surface area contributed by atoms with Crippen molar-refractivity contribution in [3.05, 3.63) is 29.7 Å². The Hall–Kier alpha value is -1.78. The van der Waals surface area contributed by atoms with Gasteiger partial charge in [0.05, 0.1) is 12.2 Å². The normalized spacial score (nSPS) is 11.5. The van der Waals surface area contributed by atoms with E-state index in [1.807, 2.05) is 21.6 Å². The Labute approximate surface area is 114 Å². The van der Waals surface area contributed by atoms with Crippen molar-refractivity contribution in [1.29, 1.82) is 0 Å². The molecule has 0 amide bonds. The molecular weight excluding hydrogens is 238 g/mol. The lowest BCUT2D eigenvalue weighted by atomic mass is 10.3. The van der Waals surface area contributed by atoms with Gasteiger partial charge in [-0.3, -0.25) is 9.36 Å². The molecule has 0 radical (unpaired) electrons. The molecule has 0 spiro atoms. The zero-order valence-corrected chi connectivity index (χ0v) is 12.4. The molecule has 0 bridgehead atoms. The molecule has 0 aliphatic heterocycles. The lowest BCUT2D eigenvalue weighted by molar-refractivity contribution is 0.511. The molecule has 5 heteroatoms. The first kappa shape index (κ1) is 13.6. The molecule has 0 atom stereocenters. The second kappa shape index (κ2) is 5.47. The zero-order chi connectivity index (χ0) is 14.0. The van der Waals surface area contributed by atoms with Crippen molar-refractivity contribution in [3.8, 4) is 0 Å². The third-order valence-electron chi connectivity index (χ3n) is 3.12. The minimum atomic E-state index is 0.376. The average Bonchev–Trinajstić information content (AvgIpc) is 2.92. The monoisotopic (exact) mass is 261 g/mol. The quantitative estimate of drug-likeness (QED) is 0.899. The molecule has 19 heavy (non-hydrogen) atoms. The van der Waals surface area contributed by atoms with Gasteiger partial charge in [-0.1, -0.05) is 0 Å². The Morgan fingerprint density at radius 3 is 2.53 bits per heavy atom. The zero-order valence-electron chi connectivity index (χ0n) is 12.4. The van der Waals surface area contributed by atoms with E-state index in [4.69, 9.17) is 0 Å². The molecule has 0 saturated heterocycles. The summed E-state index contributed by atoms with van der Waals surface area (Å²) < 4.78 is 4.01. The summed E-state index contributed by atoms with van der Waals surface area (Å²) >= 11 is 0. The molecule has 2 heterocycles. The molecule has 0 aliphatic carbocycles. The van der Waals surface area contributed by atoms with Crippen LogP contribution in [0, 0.1) is 6.92 Å². The van der Waals surface area contributed by atoms with Gasteiger partial charge >= 0.3 is 0 Å². The van der Waals surface area contributed by atoms with E-state index in [2.05, 4.69) is 56.3 Å². The number of hydrogen-bond donors (Lipinski definition) is 1. The standard InChI is InChI=1S/C14H23N5/c1-10(2)18-9-12(5)14(17-18)15-8-13-6-7-16-19(13)11(3)4/h6-7,9-11H,8H2,1-5H3,(H,15,17). The maximum absolute atomic E-state index is 4.56. The largest absolute Gasteiger partial charge is 0.363 e. The highest BCUT2D eigenvalue weighted by Crippen LogP contribution is 2.16. The summed E-state index contributed by atoms with van der Waals surface area (Å²) in [7, 11) is 0. The summed E-state index contributed by atoms with van der Waals surface area (Å²) in [4.78, 5) is 0. The van der Waals surface area contributed by atoms with E-state index in [9.17, 15) is 0 Å². The van der Waals surface area contributed by atoms with Crippen molar-refractivity contribution >= 4 is 5.82 Å². The van der Waals surface area contributed by atoms with Crippen molar-refractivity contribution in [2.24, 2.45) is 0 Å². The van der Waals surface area contributed by atoms with Crippen LogP contribution in [0.25, 0.3) is 0 Å². The van der Waals surface area contributed by atoms with E-state index >= 15 is 0 Å². The summed E-state index contributed by atoms with van der Waals surface area (Å²) in [5.74, 6) is 0.949. The Kier molecular flexibility index (Phi) is 3.93. The van der Waals surface area contributed by atoms with Crippen LogP contribution in [-0.4, -0.2) is 19.6 Å². The first-order valence-electron chi connectivity index (χ1n) is 6.81. The van der Waals surface area contributed by atoms with Gasteiger partial charge in [0.2, 0.25) is 0 Å². The van der Waals surface area contributed by atoms with Crippen LogP contribution in [-0.2, 0) is 6.54 Å². The van der Waals surface area contributed by atoms with Gasteiger partial charge in [0.1, 0.15) is 0 Å². The van der Waals surface area contributed by atoms with Gasteiger partial charge in [0.15, 0.2) is 5.82 Å². The molecule has 5 nitrogen and oxygen atoms in total. The molecule has 104 valence electrons. The van der Waals surface area contributed by atoms with Gasteiger partial charge in [-0.25, -0.2) is 0 Å². The molecule has 0 fully saturated rings. The molecule has 0 saturated carbocycles. The molecular formula is C14H23N5. The minimum absolute atomic E-state index is 0.376. The SMILES string of the molecule is Cc1cn(C(C)C)nc1NCc1ccnn1C(C)C. The number of nitrogens with zero attached hydrogens (tertiary/aromatic N) is 4. The van der Waals surface area contributed by atoms with Gasteiger partial charge in [-0.15, -0.1) is 0 Å². The van der Waals surface area contributed by atoms with Crippen LogP contribution < -0.4 is 5.32 Å². The smallest absolute Gasteiger partial charge is 0.151 e. The predicted molar refractivity (Wildman–Crippen MR) is 77.3 cm³/mol.